The number of oxazole rings is 1. The highest BCUT2D eigenvalue weighted by molar-refractivity contribution is 5.76. The van der Waals surface area contributed by atoms with Crippen LogP contribution >= 0.6 is 0 Å². The van der Waals surface area contributed by atoms with Gasteiger partial charge in [-0.15, -0.1) is 0 Å². The Morgan fingerprint density at radius 2 is 2.26 bits per heavy atom. The molecule has 102 valence electrons. The standard InChI is InChI=1S/C14H18N2O3/c1-14(2,13(17)18-3)8-15-7-10-4-5-11-12(6-10)19-9-16-11/h4-6,9,15H,7-8H2,1-3H3. The first kappa shape index (κ1) is 13.5. The van der Waals surface area contributed by atoms with E-state index in [-0.39, 0.29) is 5.97 Å². The number of ether oxygens (including phenoxy) is 1. The Morgan fingerprint density at radius 1 is 1.47 bits per heavy atom. The Bertz CT molecular complexity index is 575. The fourth-order valence-electron chi connectivity index (χ4n) is 1.88. The van der Waals surface area contributed by atoms with Gasteiger partial charge < -0.3 is 14.5 Å². The maximum absolute atomic E-state index is 11.5. The number of fused-ring (bicyclic) bond motifs is 1. The van der Waals surface area contributed by atoms with E-state index in [9.17, 15) is 4.79 Å². The van der Waals surface area contributed by atoms with Crippen LogP contribution in [0.5, 0.6) is 0 Å². The van der Waals surface area contributed by atoms with Crippen LogP contribution in [0.1, 0.15) is 19.4 Å². The highest BCUT2D eigenvalue weighted by atomic mass is 16.5. The average Bonchev–Trinajstić information content (AvgIpc) is 2.84. The van der Waals surface area contributed by atoms with E-state index in [4.69, 9.17) is 9.15 Å². The number of hydrogen-bond donors (Lipinski definition) is 1. The molecule has 5 heteroatoms. The smallest absolute Gasteiger partial charge is 0.312 e. The molecule has 2 rings (SSSR count). The predicted octanol–water partition coefficient (Wildman–Crippen LogP) is 2.12. The molecule has 0 spiro atoms. The van der Waals surface area contributed by atoms with E-state index >= 15 is 0 Å². The summed E-state index contributed by atoms with van der Waals surface area (Å²) in [5.41, 5.74) is 2.17. The average molecular weight is 262 g/mol. The fourth-order valence-corrected chi connectivity index (χ4v) is 1.88. The van der Waals surface area contributed by atoms with Crippen LogP contribution in [0.15, 0.2) is 29.0 Å². The lowest BCUT2D eigenvalue weighted by molar-refractivity contribution is -0.150. The highest BCUT2D eigenvalue weighted by Crippen LogP contribution is 2.17. The summed E-state index contributed by atoms with van der Waals surface area (Å²) in [4.78, 5) is 15.6. The number of carbonyl (C=O) groups is 1. The van der Waals surface area contributed by atoms with Gasteiger partial charge in [-0.3, -0.25) is 4.79 Å². The van der Waals surface area contributed by atoms with Crippen LogP contribution in [0, 0.1) is 5.41 Å². The second-order valence-electron chi connectivity index (χ2n) is 5.13. The predicted molar refractivity (Wildman–Crippen MR) is 71.5 cm³/mol. The van der Waals surface area contributed by atoms with Crippen molar-refractivity contribution in [3.05, 3.63) is 30.2 Å². The molecule has 0 amide bonds. The summed E-state index contributed by atoms with van der Waals surface area (Å²) in [6, 6.07) is 5.85. The van der Waals surface area contributed by atoms with Crippen molar-refractivity contribution in [2.24, 2.45) is 5.41 Å². The number of carbonyl (C=O) groups excluding carboxylic acids is 1. The van der Waals surface area contributed by atoms with Crippen molar-refractivity contribution in [1.82, 2.24) is 10.3 Å². The van der Waals surface area contributed by atoms with Crippen LogP contribution in [-0.4, -0.2) is 24.6 Å². The zero-order valence-electron chi connectivity index (χ0n) is 11.4. The second kappa shape index (κ2) is 5.40. The molecule has 19 heavy (non-hydrogen) atoms. The molecule has 1 N–H and O–H groups in total. The van der Waals surface area contributed by atoms with Gasteiger partial charge in [0.15, 0.2) is 12.0 Å². The Hall–Kier alpha value is -1.88. The monoisotopic (exact) mass is 262 g/mol. The number of nitrogens with zero attached hydrogens (tertiary/aromatic N) is 1. The first-order valence-electron chi connectivity index (χ1n) is 6.14. The summed E-state index contributed by atoms with van der Waals surface area (Å²) >= 11 is 0. The van der Waals surface area contributed by atoms with E-state index in [1.54, 1.807) is 0 Å². The van der Waals surface area contributed by atoms with Crippen molar-refractivity contribution in [2.75, 3.05) is 13.7 Å². The molecule has 0 aliphatic carbocycles. The van der Waals surface area contributed by atoms with Crippen LogP contribution in [-0.2, 0) is 16.1 Å². The Morgan fingerprint density at radius 3 is 3.00 bits per heavy atom. The molecule has 0 fully saturated rings. The molecule has 1 heterocycles. The lowest BCUT2D eigenvalue weighted by Crippen LogP contribution is -2.36. The molecule has 0 saturated heterocycles. The SMILES string of the molecule is COC(=O)C(C)(C)CNCc1ccc2ncoc2c1. The van der Waals surface area contributed by atoms with Crippen molar-refractivity contribution >= 4 is 17.1 Å². The normalized spacial score (nSPS) is 11.7. The van der Waals surface area contributed by atoms with Gasteiger partial charge in [-0.05, 0) is 31.5 Å². The van der Waals surface area contributed by atoms with Gasteiger partial charge in [0, 0.05) is 13.1 Å². The molecule has 0 atom stereocenters. The number of esters is 1. The zero-order valence-corrected chi connectivity index (χ0v) is 11.4. The molecule has 0 unspecified atom stereocenters. The van der Waals surface area contributed by atoms with Gasteiger partial charge in [0.05, 0.1) is 12.5 Å². The van der Waals surface area contributed by atoms with Crippen LogP contribution in [0.2, 0.25) is 0 Å². The lowest BCUT2D eigenvalue weighted by atomic mass is 9.94. The van der Waals surface area contributed by atoms with Gasteiger partial charge in [0.1, 0.15) is 5.52 Å². The van der Waals surface area contributed by atoms with Gasteiger partial charge in [-0.2, -0.15) is 0 Å². The topological polar surface area (TPSA) is 64.4 Å². The van der Waals surface area contributed by atoms with Crippen LogP contribution in [0.3, 0.4) is 0 Å². The number of aromatic nitrogens is 1. The fraction of sp³-hybridized carbons (Fsp3) is 0.429. The molecule has 1 aromatic heterocycles. The summed E-state index contributed by atoms with van der Waals surface area (Å²) in [6.07, 6.45) is 1.43. The molecular formula is C14H18N2O3. The van der Waals surface area contributed by atoms with Gasteiger partial charge in [0.25, 0.3) is 0 Å². The molecule has 0 saturated carbocycles. The third kappa shape index (κ3) is 3.12. The first-order valence-corrected chi connectivity index (χ1v) is 6.14. The zero-order chi connectivity index (χ0) is 13.9. The minimum Gasteiger partial charge on any atom is -0.469 e. The highest BCUT2D eigenvalue weighted by Gasteiger charge is 2.27. The summed E-state index contributed by atoms with van der Waals surface area (Å²) in [5, 5.41) is 3.25. The van der Waals surface area contributed by atoms with E-state index in [0.29, 0.717) is 13.1 Å². The molecular weight excluding hydrogens is 244 g/mol. The van der Waals surface area contributed by atoms with Gasteiger partial charge in [-0.1, -0.05) is 6.07 Å². The molecule has 0 aliphatic heterocycles. The third-order valence-electron chi connectivity index (χ3n) is 3.03. The molecule has 5 nitrogen and oxygen atoms in total. The lowest BCUT2D eigenvalue weighted by Gasteiger charge is -2.21. The minimum absolute atomic E-state index is 0.217. The number of rotatable bonds is 5. The Kier molecular flexibility index (Phi) is 3.85. The first-order chi connectivity index (χ1) is 9.03. The minimum atomic E-state index is -0.537. The van der Waals surface area contributed by atoms with Crippen LogP contribution in [0.4, 0.5) is 0 Å². The van der Waals surface area contributed by atoms with Gasteiger partial charge in [-0.25, -0.2) is 4.98 Å². The van der Waals surface area contributed by atoms with Crippen LogP contribution in [0.25, 0.3) is 11.1 Å². The quantitative estimate of drug-likeness (QED) is 0.836. The van der Waals surface area contributed by atoms with Gasteiger partial charge >= 0.3 is 5.97 Å². The molecule has 0 aliphatic rings. The summed E-state index contributed by atoms with van der Waals surface area (Å²) in [5.74, 6) is -0.217. The molecule has 0 radical (unpaired) electrons. The Labute approximate surface area is 112 Å². The van der Waals surface area contributed by atoms with Crippen molar-refractivity contribution in [3.63, 3.8) is 0 Å². The number of hydrogen-bond acceptors (Lipinski definition) is 5. The van der Waals surface area contributed by atoms with Crippen molar-refractivity contribution in [1.29, 1.82) is 0 Å². The number of benzene rings is 1. The van der Waals surface area contributed by atoms with E-state index in [1.165, 1.54) is 13.5 Å². The van der Waals surface area contributed by atoms with Gasteiger partial charge in [0.2, 0.25) is 0 Å². The van der Waals surface area contributed by atoms with Crippen LogP contribution < -0.4 is 5.32 Å². The van der Waals surface area contributed by atoms with Crippen molar-refractivity contribution in [3.8, 4) is 0 Å². The second-order valence-corrected chi connectivity index (χ2v) is 5.13. The number of nitrogens with one attached hydrogen (secondary N) is 1. The van der Waals surface area contributed by atoms with Crippen molar-refractivity contribution < 1.29 is 13.9 Å². The van der Waals surface area contributed by atoms with E-state index in [1.807, 2.05) is 32.0 Å². The summed E-state index contributed by atoms with van der Waals surface area (Å²) in [6.45, 7) is 4.92. The molecule has 1 aromatic carbocycles. The molecule has 2 aromatic rings. The summed E-state index contributed by atoms with van der Waals surface area (Å²) < 4.78 is 10.0. The number of methoxy groups -OCH3 is 1. The van der Waals surface area contributed by atoms with E-state index in [2.05, 4.69) is 10.3 Å². The maximum atomic E-state index is 11.5. The third-order valence-corrected chi connectivity index (χ3v) is 3.03. The van der Waals surface area contributed by atoms with E-state index in [0.717, 1.165) is 16.7 Å². The summed E-state index contributed by atoms with van der Waals surface area (Å²) in [7, 11) is 1.40. The molecule has 0 bridgehead atoms. The Balaban J connectivity index is 1.93. The van der Waals surface area contributed by atoms with E-state index < -0.39 is 5.41 Å². The largest absolute Gasteiger partial charge is 0.469 e. The van der Waals surface area contributed by atoms with Crippen molar-refractivity contribution in [2.45, 2.75) is 20.4 Å². The maximum Gasteiger partial charge on any atom is 0.312 e.